The minimum Gasteiger partial charge on any atom is -0.497 e. The first kappa shape index (κ1) is 15.5. The normalized spacial score (nSPS) is 12.4. The zero-order valence-electron chi connectivity index (χ0n) is 12.6. The molecule has 0 fully saturated rings. The predicted octanol–water partition coefficient (Wildman–Crippen LogP) is 2.65. The Morgan fingerprint density at radius 2 is 2.00 bits per heavy atom. The Balaban J connectivity index is 2.00. The van der Waals surface area contributed by atoms with Crippen LogP contribution in [0, 0.1) is 0 Å². The van der Waals surface area contributed by atoms with Gasteiger partial charge in [0.2, 0.25) is 0 Å². The fraction of sp³-hybridized carbons (Fsp3) is 0.353. The van der Waals surface area contributed by atoms with Crippen LogP contribution >= 0.6 is 0 Å². The van der Waals surface area contributed by atoms with E-state index in [1.54, 1.807) is 19.5 Å². The number of nitrogens with zero attached hydrogens (tertiary/aromatic N) is 2. The van der Waals surface area contributed by atoms with Crippen molar-refractivity contribution in [3.8, 4) is 5.75 Å². The molecule has 0 bridgehead atoms. The number of aliphatic hydroxyl groups excluding tert-OH is 1. The second kappa shape index (κ2) is 7.76. The van der Waals surface area contributed by atoms with Gasteiger partial charge in [0.25, 0.3) is 0 Å². The average molecular weight is 286 g/mol. The van der Waals surface area contributed by atoms with Crippen molar-refractivity contribution < 1.29 is 9.84 Å². The third kappa shape index (κ3) is 4.55. The van der Waals surface area contributed by atoms with Crippen LogP contribution in [0.4, 0.5) is 0 Å². The second-order valence-corrected chi connectivity index (χ2v) is 4.98. The molecule has 1 heterocycles. The molecule has 0 saturated carbocycles. The van der Waals surface area contributed by atoms with Crippen LogP contribution in [0.3, 0.4) is 0 Å². The van der Waals surface area contributed by atoms with Crippen molar-refractivity contribution in [3.63, 3.8) is 0 Å². The van der Waals surface area contributed by atoms with Crippen LogP contribution in [0.15, 0.2) is 48.8 Å². The Hall–Kier alpha value is -1.91. The SMILES string of the molecule is CCN(Cc1ccncc1)CC(O)c1cccc(OC)c1. The molecular weight excluding hydrogens is 264 g/mol. The molecule has 2 aromatic rings. The van der Waals surface area contributed by atoms with Crippen molar-refractivity contribution in [3.05, 3.63) is 59.9 Å². The van der Waals surface area contributed by atoms with Crippen LogP contribution in [0.25, 0.3) is 0 Å². The zero-order chi connectivity index (χ0) is 15.1. The number of methoxy groups -OCH3 is 1. The van der Waals surface area contributed by atoms with Crippen LogP contribution < -0.4 is 4.74 Å². The van der Waals surface area contributed by atoms with E-state index in [1.807, 2.05) is 36.4 Å². The van der Waals surface area contributed by atoms with E-state index < -0.39 is 6.10 Å². The molecule has 1 N–H and O–H groups in total. The van der Waals surface area contributed by atoms with Gasteiger partial charge in [-0.25, -0.2) is 0 Å². The molecule has 2 rings (SSSR count). The molecule has 0 spiro atoms. The summed E-state index contributed by atoms with van der Waals surface area (Å²) in [5, 5.41) is 10.4. The van der Waals surface area contributed by atoms with Gasteiger partial charge >= 0.3 is 0 Å². The largest absolute Gasteiger partial charge is 0.497 e. The minimum absolute atomic E-state index is 0.526. The van der Waals surface area contributed by atoms with Gasteiger partial charge in [0.15, 0.2) is 0 Å². The molecule has 1 atom stereocenters. The number of rotatable bonds is 7. The van der Waals surface area contributed by atoms with Crippen molar-refractivity contribution in [2.45, 2.75) is 19.6 Å². The number of hydrogen-bond donors (Lipinski definition) is 1. The summed E-state index contributed by atoms with van der Waals surface area (Å²) in [5.74, 6) is 0.767. The molecular formula is C17H22N2O2. The second-order valence-electron chi connectivity index (χ2n) is 4.98. The Morgan fingerprint density at radius 1 is 1.24 bits per heavy atom. The maximum absolute atomic E-state index is 10.4. The van der Waals surface area contributed by atoms with Gasteiger partial charge in [-0.1, -0.05) is 19.1 Å². The van der Waals surface area contributed by atoms with Gasteiger partial charge in [-0.3, -0.25) is 9.88 Å². The number of pyridine rings is 1. The molecule has 0 aliphatic rings. The summed E-state index contributed by atoms with van der Waals surface area (Å²) in [4.78, 5) is 6.23. The lowest BCUT2D eigenvalue weighted by molar-refractivity contribution is 0.112. The van der Waals surface area contributed by atoms with Crippen LogP contribution in [0.2, 0.25) is 0 Å². The average Bonchev–Trinajstić information content (AvgIpc) is 2.55. The first-order valence-electron chi connectivity index (χ1n) is 7.16. The van der Waals surface area contributed by atoms with E-state index in [1.165, 1.54) is 5.56 Å². The first-order chi connectivity index (χ1) is 10.2. The van der Waals surface area contributed by atoms with E-state index >= 15 is 0 Å². The Morgan fingerprint density at radius 3 is 2.67 bits per heavy atom. The third-order valence-corrected chi connectivity index (χ3v) is 3.51. The van der Waals surface area contributed by atoms with Gasteiger partial charge in [-0.05, 0) is 41.9 Å². The Labute approximate surface area is 126 Å². The molecule has 0 aliphatic heterocycles. The smallest absolute Gasteiger partial charge is 0.119 e. The topological polar surface area (TPSA) is 45.6 Å². The summed E-state index contributed by atoms with van der Waals surface area (Å²) in [5.41, 5.74) is 2.08. The number of aromatic nitrogens is 1. The molecule has 1 aromatic heterocycles. The zero-order valence-corrected chi connectivity index (χ0v) is 12.6. The molecule has 0 radical (unpaired) electrons. The van der Waals surface area contributed by atoms with Gasteiger partial charge in [-0.2, -0.15) is 0 Å². The highest BCUT2D eigenvalue weighted by atomic mass is 16.5. The standard InChI is InChI=1S/C17H22N2O2/c1-3-19(12-14-7-9-18-10-8-14)13-17(20)15-5-4-6-16(11-15)21-2/h4-11,17,20H,3,12-13H2,1-2H3. The number of likely N-dealkylation sites (N-methyl/N-ethyl adjacent to an activating group) is 1. The summed E-state index contributed by atoms with van der Waals surface area (Å²) in [7, 11) is 1.63. The number of benzene rings is 1. The fourth-order valence-corrected chi connectivity index (χ4v) is 2.25. The van der Waals surface area contributed by atoms with E-state index in [9.17, 15) is 5.11 Å². The lowest BCUT2D eigenvalue weighted by Crippen LogP contribution is -2.28. The summed E-state index contributed by atoms with van der Waals surface area (Å²) in [6.07, 6.45) is 3.06. The lowest BCUT2D eigenvalue weighted by atomic mass is 10.1. The summed E-state index contributed by atoms with van der Waals surface area (Å²) < 4.78 is 5.20. The molecule has 4 nitrogen and oxygen atoms in total. The fourth-order valence-electron chi connectivity index (χ4n) is 2.25. The molecule has 1 aromatic carbocycles. The Kier molecular flexibility index (Phi) is 5.72. The molecule has 0 saturated heterocycles. The van der Waals surface area contributed by atoms with E-state index in [0.717, 1.165) is 24.4 Å². The van der Waals surface area contributed by atoms with Gasteiger partial charge < -0.3 is 9.84 Å². The highest BCUT2D eigenvalue weighted by molar-refractivity contribution is 5.30. The first-order valence-corrected chi connectivity index (χ1v) is 7.16. The molecule has 0 aliphatic carbocycles. The Bertz CT molecular complexity index is 545. The predicted molar refractivity (Wildman–Crippen MR) is 83.1 cm³/mol. The number of hydrogen-bond acceptors (Lipinski definition) is 4. The molecule has 0 amide bonds. The van der Waals surface area contributed by atoms with Crippen molar-refractivity contribution in [2.75, 3.05) is 20.2 Å². The summed E-state index contributed by atoms with van der Waals surface area (Å²) in [6.45, 7) is 4.37. The molecule has 1 unspecified atom stereocenters. The lowest BCUT2D eigenvalue weighted by Gasteiger charge is -2.24. The maximum atomic E-state index is 10.4. The van der Waals surface area contributed by atoms with Crippen molar-refractivity contribution in [1.82, 2.24) is 9.88 Å². The van der Waals surface area contributed by atoms with Crippen LogP contribution in [0.5, 0.6) is 5.75 Å². The summed E-state index contributed by atoms with van der Waals surface area (Å²) >= 11 is 0. The van der Waals surface area contributed by atoms with E-state index in [2.05, 4.69) is 16.8 Å². The van der Waals surface area contributed by atoms with Gasteiger partial charge in [0, 0.05) is 25.5 Å². The van der Waals surface area contributed by atoms with Crippen molar-refractivity contribution in [2.24, 2.45) is 0 Å². The molecule has 21 heavy (non-hydrogen) atoms. The maximum Gasteiger partial charge on any atom is 0.119 e. The van der Waals surface area contributed by atoms with Crippen LogP contribution in [-0.4, -0.2) is 35.2 Å². The highest BCUT2D eigenvalue weighted by Gasteiger charge is 2.13. The van der Waals surface area contributed by atoms with Gasteiger partial charge in [-0.15, -0.1) is 0 Å². The number of aliphatic hydroxyl groups is 1. The monoisotopic (exact) mass is 286 g/mol. The van der Waals surface area contributed by atoms with E-state index in [-0.39, 0.29) is 0 Å². The highest BCUT2D eigenvalue weighted by Crippen LogP contribution is 2.20. The molecule has 4 heteroatoms. The van der Waals surface area contributed by atoms with Crippen LogP contribution in [0.1, 0.15) is 24.2 Å². The van der Waals surface area contributed by atoms with E-state index in [4.69, 9.17) is 4.74 Å². The molecule has 112 valence electrons. The van der Waals surface area contributed by atoms with Gasteiger partial charge in [0.05, 0.1) is 13.2 Å². The van der Waals surface area contributed by atoms with Crippen molar-refractivity contribution >= 4 is 0 Å². The number of ether oxygens (including phenoxy) is 1. The van der Waals surface area contributed by atoms with Crippen molar-refractivity contribution in [1.29, 1.82) is 0 Å². The quantitative estimate of drug-likeness (QED) is 0.850. The van der Waals surface area contributed by atoms with Crippen LogP contribution in [-0.2, 0) is 6.54 Å². The van der Waals surface area contributed by atoms with E-state index in [0.29, 0.717) is 6.54 Å². The minimum atomic E-state index is -0.526. The third-order valence-electron chi connectivity index (χ3n) is 3.51. The van der Waals surface area contributed by atoms with Gasteiger partial charge in [0.1, 0.15) is 5.75 Å². The summed E-state index contributed by atoms with van der Waals surface area (Å²) in [6, 6.07) is 11.6.